The number of nitrogens with zero attached hydrogens (tertiary/aromatic N) is 1. The number of hydrogen-bond donors (Lipinski definition) is 1. The van der Waals surface area contributed by atoms with Crippen molar-refractivity contribution >= 4 is 17.6 Å². The first-order valence-electron chi connectivity index (χ1n) is 5.22. The van der Waals surface area contributed by atoms with Crippen LogP contribution in [0.3, 0.4) is 0 Å². The van der Waals surface area contributed by atoms with Gasteiger partial charge in [-0.05, 0) is 23.8 Å². The van der Waals surface area contributed by atoms with E-state index in [2.05, 4.69) is 4.98 Å². The highest BCUT2D eigenvalue weighted by atomic mass is 35.5. The Morgan fingerprint density at radius 3 is 2.78 bits per heavy atom. The molecule has 18 heavy (non-hydrogen) atoms. The number of carboxylic acids is 1. The molecule has 92 valence electrons. The van der Waals surface area contributed by atoms with E-state index in [1.807, 2.05) is 12.1 Å². The fraction of sp³-hybridized carbons (Fsp3) is 0.0769. The Labute approximate surface area is 109 Å². The number of hydrogen-bond acceptors (Lipinski definition) is 3. The van der Waals surface area contributed by atoms with E-state index in [9.17, 15) is 4.79 Å². The van der Waals surface area contributed by atoms with Crippen LogP contribution in [0.2, 0.25) is 5.02 Å². The second kappa shape index (κ2) is 5.51. The van der Waals surface area contributed by atoms with Crippen LogP contribution in [-0.2, 0) is 6.61 Å². The van der Waals surface area contributed by atoms with Gasteiger partial charge in [0.25, 0.3) is 0 Å². The monoisotopic (exact) mass is 263 g/mol. The van der Waals surface area contributed by atoms with Gasteiger partial charge in [-0.3, -0.25) is 0 Å². The summed E-state index contributed by atoms with van der Waals surface area (Å²) in [5.41, 5.74) is 1.05. The molecule has 0 aliphatic heterocycles. The molecule has 0 unspecified atom stereocenters. The van der Waals surface area contributed by atoms with Crippen molar-refractivity contribution in [3.63, 3.8) is 0 Å². The van der Waals surface area contributed by atoms with E-state index in [0.717, 1.165) is 5.56 Å². The molecule has 0 radical (unpaired) electrons. The summed E-state index contributed by atoms with van der Waals surface area (Å²) in [4.78, 5) is 14.5. The summed E-state index contributed by atoms with van der Waals surface area (Å²) < 4.78 is 5.42. The highest BCUT2D eigenvalue weighted by Crippen LogP contribution is 2.14. The van der Waals surface area contributed by atoms with Crippen LogP contribution < -0.4 is 4.74 Å². The molecule has 4 nitrogen and oxygen atoms in total. The maximum absolute atomic E-state index is 10.6. The molecule has 0 saturated carbocycles. The molecule has 5 heteroatoms. The first-order valence-corrected chi connectivity index (χ1v) is 5.59. The maximum Gasteiger partial charge on any atom is 0.337 e. The van der Waals surface area contributed by atoms with Crippen molar-refractivity contribution in [2.45, 2.75) is 6.61 Å². The zero-order chi connectivity index (χ0) is 13.0. The smallest absolute Gasteiger partial charge is 0.337 e. The zero-order valence-corrected chi connectivity index (χ0v) is 10.1. The lowest BCUT2D eigenvalue weighted by Crippen LogP contribution is -2.00. The van der Waals surface area contributed by atoms with Crippen LogP contribution in [0.25, 0.3) is 0 Å². The van der Waals surface area contributed by atoms with Gasteiger partial charge in [0.2, 0.25) is 5.88 Å². The van der Waals surface area contributed by atoms with E-state index in [0.29, 0.717) is 17.5 Å². The second-order valence-corrected chi connectivity index (χ2v) is 4.05. The molecule has 0 amide bonds. The summed E-state index contributed by atoms with van der Waals surface area (Å²) in [5, 5.41) is 9.36. The van der Waals surface area contributed by atoms with Crippen molar-refractivity contribution in [1.29, 1.82) is 0 Å². The Morgan fingerprint density at radius 2 is 2.17 bits per heavy atom. The highest BCUT2D eigenvalue weighted by molar-refractivity contribution is 6.30. The number of benzene rings is 1. The average molecular weight is 264 g/mol. The van der Waals surface area contributed by atoms with Gasteiger partial charge < -0.3 is 9.84 Å². The normalized spacial score (nSPS) is 10.1. The van der Waals surface area contributed by atoms with Crippen LogP contribution in [-0.4, -0.2) is 16.1 Å². The van der Waals surface area contributed by atoms with E-state index < -0.39 is 5.97 Å². The predicted molar refractivity (Wildman–Crippen MR) is 67.0 cm³/mol. The molecule has 1 heterocycles. The minimum atomic E-state index is -1.01. The van der Waals surface area contributed by atoms with Crippen LogP contribution in [0.15, 0.2) is 42.6 Å². The number of rotatable bonds is 4. The summed E-state index contributed by atoms with van der Waals surface area (Å²) in [6.07, 6.45) is 1.26. The third-order valence-electron chi connectivity index (χ3n) is 2.26. The van der Waals surface area contributed by atoms with Crippen LogP contribution in [0.1, 0.15) is 15.9 Å². The van der Waals surface area contributed by atoms with Gasteiger partial charge >= 0.3 is 5.97 Å². The Kier molecular flexibility index (Phi) is 3.79. The molecule has 2 rings (SSSR count). The molecule has 0 atom stereocenters. The number of carbonyl (C=O) groups is 1. The summed E-state index contributed by atoms with van der Waals surface area (Å²) in [6, 6.07) is 10.3. The average Bonchev–Trinajstić information content (AvgIpc) is 2.37. The number of ether oxygens (including phenoxy) is 1. The van der Waals surface area contributed by atoms with Crippen LogP contribution >= 0.6 is 11.6 Å². The van der Waals surface area contributed by atoms with Crippen LogP contribution in [0, 0.1) is 0 Å². The van der Waals surface area contributed by atoms with Gasteiger partial charge in [0.15, 0.2) is 0 Å². The number of halogens is 1. The quantitative estimate of drug-likeness (QED) is 0.921. The van der Waals surface area contributed by atoms with Crippen molar-refractivity contribution in [1.82, 2.24) is 4.98 Å². The lowest BCUT2D eigenvalue weighted by atomic mass is 10.2. The van der Waals surface area contributed by atoms with Crippen molar-refractivity contribution < 1.29 is 14.6 Å². The number of aromatic carboxylic acids is 1. The molecule has 1 N–H and O–H groups in total. The van der Waals surface area contributed by atoms with Crippen LogP contribution in [0.4, 0.5) is 0 Å². The van der Waals surface area contributed by atoms with E-state index >= 15 is 0 Å². The standard InChI is InChI=1S/C13H10ClNO3/c14-11-3-1-2-9(6-11)8-18-12-5-4-10(7-15-12)13(16)17/h1-7H,8H2,(H,16,17). The summed E-state index contributed by atoms with van der Waals surface area (Å²) in [6.45, 7) is 0.333. The van der Waals surface area contributed by atoms with Crippen molar-refractivity contribution in [3.05, 3.63) is 58.7 Å². The van der Waals surface area contributed by atoms with E-state index in [1.165, 1.54) is 18.3 Å². The minimum absolute atomic E-state index is 0.130. The first kappa shape index (κ1) is 12.4. The predicted octanol–water partition coefficient (Wildman–Crippen LogP) is 3.01. The lowest BCUT2D eigenvalue weighted by Gasteiger charge is -2.05. The molecule has 2 aromatic rings. The van der Waals surface area contributed by atoms with Gasteiger partial charge in [0, 0.05) is 17.3 Å². The number of aromatic nitrogens is 1. The molecule has 0 aliphatic rings. The zero-order valence-electron chi connectivity index (χ0n) is 9.34. The second-order valence-electron chi connectivity index (χ2n) is 3.61. The first-order chi connectivity index (χ1) is 8.65. The van der Waals surface area contributed by atoms with Gasteiger partial charge in [-0.2, -0.15) is 0 Å². The molecule has 0 saturated heterocycles. The molecule has 1 aromatic heterocycles. The van der Waals surface area contributed by atoms with E-state index in [1.54, 1.807) is 12.1 Å². The number of pyridine rings is 1. The topological polar surface area (TPSA) is 59.4 Å². The molecule has 0 aliphatic carbocycles. The number of carboxylic acid groups (broad SMARTS) is 1. The van der Waals surface area contributed by atoms with Gasteiger partial charge in [0.1, 0.15) is 6.61 Å². The molecule has 1 aromatic carbocycles. The Bertz CT molecular complexity index is 554. The van der Waals surface area contributed by atoms with Crippen molar-refractivity contribution in [3.8, 4) is 5.88 Å². The molecule has 0 fully saturated rings. The Morgan fingerprint density at radius 1 is 1.33 bits per heavy atom. The summed E-state index contributed by atoms with van der Waals surface area (Å²) in [5.74, 6) is -0.635. The lowest BCUT2D eigenvalue weighted by molar-refractivity contribution is 0.0696. The Hall–Kier alpha value is -2.07. The summed E-state index contributed by atoms with van der Waals surface area (Å²) in [7, 11) is 0. The summed E-state index contributed by atoms with van der Waals surface area (Å²) >= 11 is 5.85. The molecule has 0 spiro atoms. The van der Waals surface area contributed by atoms with Crippen molar-refractivity contribution in [2.75, 3.05) is 0 Å². The van der Waals surface area contributed by atoms with E-state index in [4.69, 9.17) is 21.4 Å². The van der Waals surface area contributed by atoms with Gasteiger partial charge in [-0.1, -0.05) is 23.7 Å². The van der Waals surface area contributed by atoms with Gasteiger partial charge in [-0.25, -0.2) is 9.78 Å². The van der Waals surface area contributed by atoms with Gasteiger partial charge in [0.05, 0.1) is 5.56 Å². The molecular weight excluding hydrogens is 254 g/mol. The SMILES string of the molecule is O=C(O)c1ccc(OCc2cccc(Cl)c2)nc1. The third-order valence-corrected chi connectivity index (χ3v) is 2.49. The largest absolute Gasteiger partial charge is 0.478 e. The van der Waals surface area contributed by atoms with E-state index in [-0.39, 0.29) is 5.56 Å². The molecular formula is C13H10ClNO3. The third kappa shape index (κ3) is 3.21. The maximum atomic E-state index is 10.6. The fourth-order valence-corrected chi connectivity index (χ4v) is 1.59. The van der Waals surface area contributed by atoms with Gasteiger partial charge in [-0.15, -0.1) is 0 Å². The van der Waals surface area contributed by atoms with Crippen LogP contribution in [0.5, 0.6) is 5.88 Å². The minimum Gasteiger partial charge on any atom is -0.478 e. The van der Waals surface area contributed by atoms with Crippen molar-refractivity contribution in [2.24, 2.45) is 0 Å². The highest BCUT2D eigenvalue weighted by Gasteiger charge is 2.03. The fourth-order valence-electron chi connectivity index (χ4n) is 1.38. The Balaban J connectivity index is 2.00. The molecule has 0 bridgehead atoms.